The van der Waals surface area contributed by atoms with Crippen LogP contribution in [0, 0.1) is 0 Å². The molecule has 0 bridgehead atoms. The van der Waals surface area contributed by atoms with Gasteiger partial charge in [-0.05, 0) is 55.6 Å². The molecule has 14 nitrogen and oxygen atoms in total. The molecule has 1 aliphatic heterocycles. The number of carbonyl (C=O) groups excluding carboxylic acids is 2. The van der Waals surface area contributed by atoms with Gasteiger partial charge in [-0.15, -0.1) is 0 Å². The van der Waals surface area contributed by atoms with Crippen molar-refractivity contribution in [3.63, 3.8) is 0 Å². The lowest BCUT2D eigenvalue weighted by atomic mass is 9.98. The van der Waals surface area contributed by atoms with Gasteiger partial charge in [0.05, 0.1) is 30.4 Å². The summed E-state index contributed by atoms with van der Waals surface area (Å²) in [5.41, 5.74) is 0.763. The maximum absolute atomic E-state index is 14.1. The summed E-state index contributed by atoms with van der Waals surface area (Å²) in [6.07, 6.45) is 0.467. The van der Waals surface area contributed by atoms with Crippen LogP contribution < -0.4 is 25.1 Å². The summed E-state index contributed by atoms with van der Waals surface area (Å²) >= 11 is 0. The van der Waals surface area contributed by atoms with Gasteiger partial charge in [0.15, 0.2) is 11.5 Å². The minimum absolute atomic E-state index is 0.0477. The molecule has 0 radical (unpaired) electrons. The monoisotopic (exact) mass is 670 g/mol. The van der Waals surface area contributed by atoms with E-state index in [0.29, 0.717) is 40.9 Å². The Balaban J connectivity index is 1.41. The maximum atomic E-state index is 14.1. The fourth-order valence-corrected chi connectivity index (χ4v) is 5.79. The number of nitrogens with zero attached hydrogens (tertiary/aromatic N) is 3. The SMILES string of the molecule is CN(C)CCn1c(=O)c2cc(OC(=O)N(C)CCNC(=O)CCCOS(C)(=O)=O)c(CO)cc2c2ccc3cc4c(cc3c21)OCO4. The highest BCUT2D eigenvalue weighted by Gasteiger charge is 2.22. The zero-order valence-electron chi connectivity index (χ0n) is 26.7. The molecule has 0 unspecified atom stereocenters. The molecule has 15 heteroatoms. The summed E-state index contributed by atoms with van der Waals surface area (Å²) in [5, 5.41) is 16.3. The van der Waals surface area contributed by atoms with E-state index in [9.17, 15) is 27.9 Å². The third-order valence-electron chi connectivity index (χ3n) is 7.79. The van der Waals surface area contributed by atoms with Gasteiger partial charge in [0.25, 0.3) is 15.7 Å². The molecule has 0 saturated heterocycles. The van der Waals surface area contributed by atoms with E-state index in [1.54, 1.807) is 10.6 Å². The number of aromatic nitrogens is 1. The van der Waals surface area contributed by atoms with Crippen molar-refractivity contribution in [3.8, 4) is 17.2 Å². The van der Waals surface area contributed by atoms with Gasteiger partial charge in [-0.2, -0.15) is 8.42 Å². The van der Waals surface area contributed by atoms with Gasteiger partial charge in [0, 0.05) is 56.0 Å². The quantitative estimate of drug-likeness (QED) is 0.122. The third-order valence-corrected chi connectivity index (χ3v) is 8.38. The van der Waals surface area contributed by atoms with Crippen LogP contribution in [0.25, 0.3) is 32.4 Å². The molecule has 2 heterocycles. The van der Waals surface area contributed by atoms with Crippen LogP contribution in [0.5, 0.6) is 17.2 Å². The molecule has 47 heavy (non-hydrogen) atoms. The van der Waals surface area contributed by atoms with E-state index >= 15 is 0 Å². The minimum atomic E-state index is -3.57. The number of amides is 2. The molecular formula is C32H38N4O10S. The second-order valence-corrected chi connectivity index (χ2v) is 13.2. The Labute approximate surface area is 271 Å². The molecule has 3 aromatic carbocycles. The Morgan fingerprint density at radius 1 is 1.00 bits per heavy atom. The van der Waals surface area contributed by atoms with Crippen LogP contribution in [0.2, 0.25) is 0 Å². The second-order valence-electron chi connectivity index (χ2n) is 11.6. The first-order valence-electron chi connectivity index (χ1n) is 15.0. The van der Waals surface area contributed by atoms with Gasteiger partial charge in [-0.25, -0.2) is 4.79 Å². The second kappa shape index (κ2) is 14.1. The predicted molar refractivity (Wildman–Crippen MR) is 176 cm³/mol. The Hall–Kier alpha value is -4.44. The van der Waals surface area contributed by atoms with Gasteiger partial charge < -0.3 is 39.0 Å². The number of rotatable bonds is 13. The van der Waals surface area contributed by atoms with Crippen molar-refractivity contribution < 1.29 is 41.5 Å². The molecule has 0 fully saturated rings. The lowest BCUT2D eigenvalue weighted by Crippen LogP contribution is -2.37. The highest BCUT2D eigenvalue weighted by Crippen LogP contribution is 2.40. The van der Waals surface area contributed by atoms with Crippen molar-refractivity contribution in [2.45, 2.75) is 26.0 Å². The van der Waals surface area contributed by atoms with Crippen molar-refractivity contribution in [3.05, 3.63) is 52.3 Å². The van der Waals surface area contributed by atoms with E-state index in [-0.39, 0.29) is 56.5 Å². The number of pyridine rings is 1. The van der Waals surface area contributed by atoms with E-state index in [0.717, 1.165) is 27.9 Å². The largest absolute Gasteiger partial charge is 0.454 e. The Morgan fingerprint density at radius 2 is 1.74 bits per heavy atom. The van der Waals surface area contributed by atoms with Crippen LogP contribution in [0.15, 0.2) is 41.2 Å². The molecule has 2 N–H and O–H groups in total. The lowest BCUT2D eigenvalue weighted by molar-refractivity contribution is -0.121. The van der Waals surface area contributed by atoms with E-state index < -0.39 is 22.8 Å². The van der Waals surface area contributed by atoms with Crippen LogP contribution in [0.4, 0.5) is 4.79 Å². The van der Waals surface area contributed by atoms with Crippen molar-refractivity contribution in [2.75, 3.05) is 60.4 Å². The third kappa shape index (κ3) is 7.76. The molecule has 252 valence electrons. The number of carbonyl (C=O) groups is 2. The highest BCUT2D eigenvalue weighted by atomic mass is 32.2. The first kappa shape index (κ1) is 33.9. The van der Waals surface area contributed by atoms with E-state index in [1.165, 1.54) is 18.0 Å². The number of aliphatic hydroxyl groups is 1. The fraction of sp³-hybridized carbons (Fsp3) is 0.406. The smallest absolute Gasteiger partial charge is 0.415 e. The Bertz CT molecular complexity index is 2010. The Kier molecular flexibility index (Phi) is 10.2. The van der Waals surface area contributed by atoms with E-state index in [2.05, 4.69) is 9.50 Å². The van der Waals surface area contributed by atoms with Crippen LogP contribution in [0.3, 0.4) is 0 Å². The predicted octanol–water partition coefficient (Wildman–Crippen LogP) is 2.39. The lowest BCUT2D eigenvalue weighted by Gasteiger charge is -2.20. The number of likely N-dealkylation sites (N-methyl/N-ethyl adjacent to an activating group) is 2. The molecule has 0 aliphatic carbocycles. The fourth-order valence-electron chi connectivity index (χ4n) is 5.37. The molecule has 1 aromatic heterocycles. The van der Waals surface area contributed by atoms with Gasteiger partial charge in [-0.1, -0.05) is 12.1 Å². The summed E-state index contributed by atoms with van der Waals surface area (Å²) < 4.78 is 45.2. The average molecular weight is 671 g/mol. The summed E-state index contributed by atoms with van der Waals surface area (Å²) in [5.74, 6) is 0.958. The van der Waals surface area contributed by atoms with Crippen LogP contribution >= 0.6 is 0 Å². The highest BCUT2D eigenvalue weighted by molar-refractivity contribution is 7.85. The number of aliphatic hydroxyl groups excluding tert-OH is 1. The number of ether oxygens (including phenoxy) is 3. The van der Waals surface area contributed by atoms with Crippen molar-refractivity contribution >= 4 is 54.6 Å². The van der Waals surface area contributed by atoms with Crippen molar-refractivity contribution in [1.29, 1.82) is 0 Å². The van der Waals surface area contributed by atoms with Crippen LogP contribution in [-0.4, -0.2) is 100 Å². The summed E-state index contributed by atoms with van der Waals surface area (Å²) in [7, 11) is 1.78. The maximum Gasteiger partial charge on any atom is 0.415 e. The number of benzene rings is 3. The van der Waals surface area contributed by atoms with Gasteiger partial charge in [0.2, 0.25) is 12.7 Å². The molecular weight excluding hydrogens is 632 g/mol. The molecule has 5 rings (SSSR count). The zero-order chi connectivity index (χ0) is 33.9. The van der Waals surface area contributed by atoms with E-state index in [4.69, 9.17) is 14.2 Å². The number of fused-ring (bicyclic) bond motifs is 6. The molecule has 0 atom stereocenters. The molecule has 2 amide bonds. The topological polar surface area (TPSA) is 166 Å². The normalized spacial score (nSPS) is 12.7. The van der Waals surface area contributed by atoms with Gasteiger partial charge in [0.1, 0.15) is 5.75 Å². The van der Waals surface area contributed by atoms with Crippen LogP contribution in [0.1, 0.15) is 18.4 Å². The minimum Gasteiger partial charge on any atom is -0.454 e. The summed E-state index contributed by atoms with van der Waals surface area (Å²) in [6.45, 7) is 0.792. The molecule has 0 saturated carbocycles. The first-order chi connectivity index (χ1) is 22.4. The number of nitrogens with one attached hydrogen (secondary N) is 1. The van der Waals surface area contributed by atoms with Crippen LogP contribution in [-0.2, 0) is 32.2 Å². The van der Waals surface area contributed by atoms with E-state index in [1.807, 2.05) is 43.3 Å². The first-order valence-corrected chi connectivity index (χ1v) is 16.8. The van der Waals surface area contributed by atoms with Crippen molar-refractivity contribution in [2.24, 2.45) is 0 Å². The molecule has 4 aromatic rings. The van der Waals surface area contributed by atoms with Gasteiger partial charge in [-0.3, -0.25) is 13.8 Å². The summed E-state index contributed by atoms with van der Waals surface area (Å²) in [6, 6.07) is 10.8. The summed E-state index contributed by atoms with van der Waals surface area (Å²) in [4.78, 5) is 42.4. The molecule has 0 spiro atoms. The Morgan fingerprint density at radius 3 is 2.45 bits per heavy atom. The number of hydrogen-bond donors (Lipinski definition) is 2. The molecule has 1 aliphatic rings. The van der Waals surface area contributed by atoms with Crippen molar-refractivity contribution in [1.82, 2.24) is 19.7 Å². The standard InChI is InChI=1S/C32H38N4O10S/c1-34(2)11-12-36-30-22(8-7-20-15-27-28(16-23(20)30)44-19-43-27)24-14-21(18-37)26(17-25(24)31(36)39)46-32(40)35(3)10-9-33-29(38)6-5-13-45-47(4,41)42/h7-8,14-17,37H,5-6,9-13,18-19H2,1-4H3,(H,33,38). The van der Waals surface area contributed by atoms with Gasteiger partial charge >= 0.3 is 6.09 Å². The number of hydrogen-bond acceptors (Lipinski definition) is 11. The zero-order valence-corrected chi connectivity index (χ0v) is 27.5. The average Bonchev–Trinajstić information content (AvgIpc) is 3.48.